The molecule has 0 unspecified atom stereocenters. The van der Waals surface area contributed by atoms with Gasteiger partial charge in [0.15, 0.2) is 0 Å². The van der Waals surface area contributed by atoms with Gasteiger partial charge in [0.1, 0.15) is 5.60 Å². The minimum Gasteiger partial charge on any atom is -0.384 e. The molecule has 2 heterocycles. The van der Waals surface area contributed by atoms with Gasteiger partial charge in [-0.05, 0) is 61.9 Å². The monoisotopic (exact) mass is 485 g/mol. The predicted octanol–water partition coefficient (Wildman–Crippen LogP) is 6.16. The Morgan fingerprint density at radius 3 is 2.41 bits per heavy atom. The maximum absolute atomic E-state index is 11.9. The smallest absolute Gasteiger partial charge is 0.252 e. The van der Waals surface area contributed by atoms with Gasteiger partial charge in [0.05, 0.1) is 37.6 Å². The third-order valence-corrected chi connectivity index (χ3v) is 6.79. The molecule has 0 fully saturated rings. The molecule has 2 aromatic carbocycles. The maximum Gasteiger partial charge on any atom is 0.252 e. The van der Waals surface area contributed by atoms with E-state index < -0.39 is 5.60 Å². The summed E-state index contributed by atoms with van der Waals surface area (Å²) in [5, 5.41) is 18.7. The summed E-state index contributed by atoms with van der Waals surface area (Å²) in [7, 11) is 1.57. The topological polar surface area (TPSA) is 67.2 Å². The van der Waals surface area contributed by atoms with Crippen LogP contribution >= 0.6 is 34.5 Å². The summed E-state index contributed by atoms with van der Waals surface area (Å²) in [5.74, 6) is -0.226. The first-order valence-corrected chi connectivity index (χ1v) is 11.5. The van der Waals surface area contributed by atoms with Crippen LogP contribution in [0.15, 0.2) is 60.7 Å². The van der Waals surface area contributed by atoms with Gasteiger partial charge >= 0.3 is 0 Å². The Morgan fingerprint density at radius 1 is 1.03 bits per heavy atom. The molecule has 5 nitrogen and oxygen atoms in total. The lowest BCUT2D eigenvalue weighted by Gasteiger charge is -2.13. The number of carbonyl (C=O) groups excluding carboxylic acids is 1. The number of thiophene rings is 1. The average molecular weight is 486 g/mol. The largest absolute Gasteiger partial charge is 0.384 e. The van der Waals surface area contributed by atoms with Gasteiger partial charge < -0.3 is 10.4 Å². The van der Waals surface area contributed by atoms with Crippen LogP contribution in [0.1, 0.15) is 29.9 Å². The van der Waals surface area contributed by atoms with E-state index in [0.717, 1.165) is 26.7 Å². The highest BCUT2D eigenvalue weighted by atomic mass is 35.5. The number of benzene rings is 2. The molecule has 0 aliphatic rings. The van der Waals surface area contributed by atoms with Gasteiger partial charge in [-0.3, -0.25) is 4.79 Å². The van der Waals surface area contributed by atoms with Crippen LogP contribution in [0.2, 0.25) is 10.0 Å². The van der Waals surface area contributed by atoms with E-state index in [1.54, 1.807) is 49.0 Å². The van der Waals surface area contributed by atoms with E-state index in [0.29, 0.717) is 21.3 Å². The van der Waals surface area contributed by atoms with Crippen molar-refractivity contribution in [3.63, 3.8) is 0 Å². The van der Waals surface area contributed by atoms with Crippen molar-refractivity contribution in [1.29, 1.82) is 0 Å². The number of amides is 1. The van der Waals surface area contributed by atoms with Gasteiger partial charge in [-0.25, -0.2) is 4.68 Å². The standard InChI is InChI=1S/C24H21Cl2N3O2S/c1-24(2,31)22-13-19(29(28-22)18-7-5-4-6-16(18)25)21-11-10-20(32-21)14-8-9-15(17(26)12-14)23(30)27-3/h4-13,31H,1-3H3,(H,27,30). The summed E-state index contributed by atoms with van der Waals surface area (Å²) in [6.07, 6.45) is 0. The van der Waals surface area contributed by atoms with Crippen molar-refractivity contribution in [2.24, 2.45) is 0 Å². The summed E-state index contributed by atoms with van der Waals surface area (Å²) in [4.78, 5) is 13.9. The molecular formula is C24H21Cl2N3O2S. The highest BCUT2D eigenvalue weighted by Crippen LogP contribution is 2.38. The van der Waals surface area contributed by atoms with Gasteiger partial charge in [0.25, 0.3) is 5.91 Å². The van der Waals surface area contributed by atoms with Crippen LogP contribution < -0.4 is 5.32 Å². The van der Waals surface area contributed by atoms with Gasteiger partial charge in [-0.1, -0.05) is 41.4 Å². The van der Waals surface area contributed by atoms with E-state index in [2.05, 4.69) is 10.4 Å². The van der Waals surface area contributed by atoms with E-state index in [-0.39, 0.29) is 5.91 Å². The second-order valence-corrected chi connectivity index (χ2v) is 9.67. The molecular weight excluding hydrogens is 465 g/mol. The van der Waals surface area contributed by atoms with Crippen LogP contribution in [0, 0.1) is 0 Å². The Labute approximate surface area is 200 Å². The SMILES string of the molecule is CNC(=O)c1ccc(-c2ccc(-c3cc(C(C)(C)O)nn3-c3ccccc3Cl)s2)cc1Cl. The molecule has 0 aliphatic heterocycles. The number of nitrogens with one attached hydrogen (secondary N) is 1. The van der Waals surface area contributed by atoms with Crippen molar-refractivity contribution in [3.05, 3.63) is 82.0 Å². The molecule has 0 atom stereocenters. The Hall–Kier alpha value is -2.64. The van der Waals surface area contributed by atoms with Crippen molar-refractivity contribution in [3.8, 4) is 26.7 Å². The molecule has 1 amide bonds. The Balaban J connectivity index is 1.79. The summed E-state index contributed by atoms with van der Waals surface area (Å²) in [6, 6.07) is 18.7. The molecule has 0 saturated heterocycles. The van der Waals surface area contributed by atoms with Crippen LogP contribution in [-0.4, -0.2) is 27.8 Å². The molecule has 8 heteroatoms. The minimum absolute atomic E-state index is 0.226. The first-order chi connectivity index (χ1) is 15.2. The van der Waals surface area contributed by atoms with E-state index in [9.17, 15) is 9.90 Å². The van der Waals surface area contributed by atoms with E-state index >= 15 is 0 Å². The number of carbonyl (C=O) groups is 1. The third kappa shape index (κ3) is 4.32. The van der Waals surface area contributed by atoms with Gasteiger partial charge in [-0.15, -0.1) is 11.3 Å². The minimum atomic E-state index is -1.11. The molecule has 4 aromatic rings. The molecule has 2 N–H and O–H groups in total. The maximum atomic E-state index is 11.9. The zero-order valence-electron chi connectivity index (χ0n) is 17.7. The fourth-order valence-corrected chi connectivity index (χ4v) is 4.77. The number of aromatic nitrogens is 2. The molecule has 0 saturated carbocycles. The summed E-state index contributed by atoms with van der Waals surface area (Å²) >= 11 is 14.3. The summed E-state index contributed by atoms with van der Waals surface area (Å²) in [6.45, 7) is 3.40. The van der Waals surface area contributed by atoms with Crippen molar-refractivity contribution in [2.45, 2.75) is 19.4 Å². The fraction of sp³-hybridized carbons (Fsp3) is 0.167. The first-order valence-electron chi connectivity index (χ1n) is 9.89. The Bertz CT molecular complexity index is 1300. The van der Waals surface area contributed by atoms with Gasteiger partial charge in [0.2, 0.25) is 0 Å². The lowest BCUT2D eigenvalue weighted by molar-refractivity contribution is 0.0734. The second-order valence-electron chi connectivity index (χ2n) is 7.77. The zero-order valence-corrected chi connectivity index (χ0v) is 20.0. The molecule has 164 valence electrons. The lowest BCUT2D eigenvalue weighted by atomic mass is 10.1. The number of aliphatic hydroxyl groups is 1. The highest BCUT2D eigenvalue weighted by molar-refractivity contribution is 7.18. The Morgan fingerprint density at radius 2 is 1.75 bits per heavy atom. The molecule has 0 aliphatic carbocycles. The highest BCUT2D eigenvalue weighted by Gasteiger charge is 2.24. The molecule has 32 heavy (non-hydrogen) atoms. The van der Waals surface area contributed by atoms with Crippen LogP contribution in [0.5, 0.6) is 0 Å². The molecule has 0 radical (unpaired) electrons. The molecule has 2 aromatic heterocycles. The average Bonchev–Trinajstić information content (AvgIpc) is 3.40. The third-order valence-electron chi connectivity index (χ3n) is 5.00. The number of rotatable bonds is 5. The van der Waals surface area contributed by atoms with Crippen LogP contribution in [-0.2, 0) is 5.60 Å². The summed E-state index contributed by atoms with van der Waals surface area (Å²) < 4.78 is 1.76. The van der Waals surface area contributed by atoms with Crippen molar-refractivity contribution >= 4 is 40.4 Å². The Kier molecular flexibility index (Phi) is 6.14. The van der Waals surface area contributed by atoms with Crippen molar-refractivity contribution in [1.82, 2.24) is 15.1 Å². The predicted molar refractivity (Wildman–Crippen MR) is 131 cm³/mol. The van der Waals surface area contributed by atoms with E-state index in [1.165, 1.54) is 0 Å². The molecule has 0 spiro atoms. The van der Waals surface area contributed by atoms with E-state index in [1.807, 2.05) is 48.5 Å². The van der Waals surface area contributed by atoms with Crippen LogP contribution in [0.25, 0.3) is 26.7 Å². The molecule has 0 bridgehead atoms. The van der Waals surface area contributed by atoms with Crippen LogP contribution in [0.3, 0.4) is 0 Å². The van der Waals surface area contributed by atoms with Crippen molar-refractivity contribution in [2.75, 3.05) is 7.05 Å². The normalized spacial score (nSPS) is 11.6. The number of hydrogen-bond acceptors (Lipinski definition) is 4. The quantitative estimate of drug-likeness (QED) is 0.355. The summed E-state index contributed by atoms with van der Waals surface area (Å²) in [5.41, 5.74) is 2.32. The van der Waals surface area contributed by atoms with Crippen molar-refractivity contribution < 1.29 is 9.90 Å². The number of para-hydroxylation sites is 1. The lowest BCUT2D eigenvalue weighted by Crippen LogP contribution is -2.18. The number of nitrogens with zero attached hydrogens (tertiary/aromatic N) is 2. The fourth-order valence-electron chi connectivity index (χ4n) is 3.28. The second kappa shape index (κ2) is 8.71. The van der Waals surface area contributed by atoms with Crippen LogP contribution in [0.4, 0.5) is 0 Å². The molecule has 4 rings (SSSR count). The number of halogens is 2. The zero-order chi connectivity index (χ0) is 23.0. The van der Waals surface area contributed by atoms with Gasteiger partial charge in [-0.2, -0.15) is 5.10 Å². The first kappa shape index (κ1) is 22.6. The van der Waals surface area contributed by atoms with Gasteiger partial charge in [0, 0.05) is 11.9 Å². The number of hydrogen-bond donors (Lipinski definition) is 2. The van der Waals surface area contributed by atoms with E-state index in [4.69, 9.17) is 23.2 Å².